The van der Waals surface area contributed by atoms with Gasteiger partial charge in [0, 0.05) is 38.2 Å². The highest BCUT2D eigenvalue weighted by Gasteiger charge is 2.21. The Kier molecular flexibility index (Phi) is 5.80. The molecule has 5 heteroatoms. The Balaban J connectivity index is 1.71. The summed E-state index contributed by atoms with van der Waals surface area (Å²) in [6.45, 7) is 1.83. The average Bonchev–Trinajstić information content (AvgIpc) is 3.13. The topological polar surface area (TPSA) is 62.7 Å². The number of amides is 1. The van der Waals surface area contributed by atoms with Crippen LogP contribution >= 0.6 is 0 Å². The number of carbonyl (C=O) groups is 1. The molecule has 0 radical (unpaired) electrons. The molecule has 0 unspecified atom stereocenters. The van der Waals surface area contributed by atoms with Crippen molar-refractivity contribution in [2.24, 2.45) is 0 Å². The lowest BCUT2D eigenvalue weighted by Gasteiger charge is -2.24. The highest BCUT2D eigenvalue weighted by molar-refractivity contribution is 5.91. The van der Waals surface area contributed by atoms with Crippen LogP contribution in [0.2, 0.25) is 0 Å². The molecule has 1 saturated heterocycles. The number of hydrogen-bond donors (Lipinski definition) is 1. The third-order valence-corrected chi connectivity index (χ3v) is 4.14. The van der Waals surface area contributed by atoms with Gasteiger partial charge in [0.15, 0.2) is 0 Å². The summed E-state index contributed by atoms with van der Waals surface area (Å²) in [4.78, 5) is 18.6. The van der Waals surface area contributed by atoms with Crippen molar-refractivity contribution in [3.63, 3.8) is 0 Å². The van der Waals surface area contributed by atoms with Gasteiger partial charge in [0.05, 0.1) is 6.10 Å². The van der Waals surface area contributed by atoms with Crippen molar-refractivity contribution in [1.82, 2.24) is 9.88 Å². The van der Waals surface area contributed by atoms with Gasteiger partial charge in [0.25, 0.3) is 0 Å². The van der Waals surface area contributed by atoms with Gasteiger partial charge >= 0.3 is 0 Å². The molecule has 1 atom stereocenters. The molecule has 0 spiro atoms. The first-order valence-corrected chi connectivity index (χ1v) is 8.47. The minimum Gasteiger partial charge on any atom is -0.508 e. The molecule has 0 saturated carbocycles. The predicted molar refractivity (Wildman–Crippen MR) is 95.8 cm³/mol. The second-order valence-corrected chi connectivity index (χ2v) is 6.14. The van der Waals surface area contributed by atoms with Crippen LogP contribution in [0.15, 0.2) is 54.9 Å². The maximum Gasteiger partial charge on any atom is 0.246 e. The second kappa shape index (κ2) is 8.44. The normalized spacial score (nSPS) is 17.0. The fourth-order valence-corrected chi connectivity index (χ4v) is 2.88. The summed E-state index contributed by atoms with van der Waals surface area (Å²) in [6.07, 6.45) is 8.86. The quantitative estimate of drug-likeness (QED) is 0.823. The van der Waals surface area contributed by atoms with Crippen molar-refractivity contribution in [3.05, 3.63) is 66.0 Å². The highest BCUT2D eigenvalue weighted by atomic mass is 16.5. The maximum absolute atomic E-state index is 12.7. The number of phenols is 1. The standard InChI is InChI=1S/C20H22N2O3/c23-18-6-1-4-16(12-18)8-9-20(24)22(15-19-7-3-11-25-19)14-17-5-2-10-21-13-17/h1-2,4-6,8-10,12-13,19,23H,3,7,11,14-15H2/b9-8+/t19-/m1/s1. The molecule has 1 fully saturated rings. The zero-order valence-corrected chi connectivity index (χ0v) is 14.0. The predicted octanol–water partition coefficient (Wildman–Crippen LogP) is 3.01. The molecule has 1 aliphatic rings. The lowest BCUT2D eigenvalue weighted by molar-refractivity contribution is -0.128. The fraction of sp³-hybridized carbons (Fsp3) is 0.300. The molecule has 2 aromatic rings. The summed E-state index contributed by atoms with van der Waals surface area (Å²) in [5.41, 5.74) is 1.77. The third kappa shape index (κ3) is 5.16. The Morgan fingerprint density at radius 2 is 2.28 bits per heavy atom. The number of carbonyl (C=O) groups excluding carboxylic acids is 1. The van der Waals surface area contributed by atoms with Crippen LogP contribution in [0.5, 0.6) is 5.75 Å². The van der Waals surface area contributed by atoms with E-state index in [0.29, 0.717) is 13.1 Å². The van der Waals surface area contributed by atoms with Crippen LogP contribution in [-0.2, 0) is 16.1 Å². The Hall–Kier alpha value is -2.66. The molecule has 130 valence electrons. The summed E-state index contributed by atoms with van der Waals surface area (Å²) < 4.78 is 5.68. The molecule has 5 nitrogen and oxygen atoms in total. The summed E-state index contributed by atoms with van der Waals surface area (Å²) in [7, 11) is 0. The van der Waals surface area contributed by atoms with E-state index >= 15 is 0 Å². The van der Waals surface area contributed by atoms with Crippen LogP contribution in [0.3, 0.4) is 0 Å². The van der Waals surface area contributed by atoms with Gasteiger partial charge in [-0.1, -0.05) is 18.2 Å². The second-order valence-electron chi connectivity index (χ2n) is 6.14. The van der Waals surface area contributed by atoms with Crippen molar-refractivity contribution in [1.29, 1.82) is 0 Å². The molecular formula is C20H22N2O3. The Morgan fingerprint density at radius 1 is 1.36 bits per heavy atom. The van der Waals surface area contributed by atoms with E-state index in [4.69, 9.17) is 4.74 Å². The van der Waals surface area contributed by atoms with Crippen LogP contribution in [0, 0.1) is 0 Å². The summed E-state index contributed by atoms with van der Waals surface area (Å²) in [5, 5.41) is 9.52. The zero-order valence-electron chi connectivity index (χ0n) is 14.0. The van der Waals surface area contributed by atoms with Gasteiger partial charge in [-0.2, -0.15) is 0 Å². The van der Waals surface area contributed by atoms with Crippen LogP contribution < -0.4 is 0 Å². The van der Waals surface area contributed by atoms with Crippen molar-refractivity contribution in [3.8, 4) is 5.75 Å². The number of pyridine rings is 1. The third-order valence-electron chi connectivity index (χ3n) is 4.14. The molecule has 1 N–H and O–H groups in total. The van der Waals surface area contributed by atoms with Crippen molar-refractivity contribution in [2.75, 3.05) is 13.2 Å². The average molecular weight is 338 g/mol. The minimum absolute atomic E-state index is 0.0808. The van der Waals surface area contributed by atoms with E-state index in [1.165, 1.54) is 0 Å². The summed E-state index contributed by atoms with van der Waals surface area (Å²) >= 11 is 0. The Bertz CT molecular complexity index is 725. The molecule has 1 aromatic heterocycles. The first kappa shape index (κ1) is 17.2. The van der Waals surface area contributed by atoms with E-state index in [9.17, 15) is 9.90 Å². The minimum atomic E-state index is -0.0808. The monoisotopic (exact) mass is 338 g/mol. The van der Waals surface area contributed by atoms with Crippen LogP contribution in [0.25, 0.3) is 6.08 Å². The van der Waals surface area contributed by atoms with Gasteiger partial charge < -0.3 is 14.7 Å². The summed E-state index contributed by atoms with van der Waals surface area (Å²) in [6, 6.07) is 10.6. The molecule has 0 aliphatic carbocycles. The number of benzene rings is 1. The molecule has 3 rings (SSSR count). The SMILES string of the molecule is O=C(/C=C/c1cccc(O)c1)N(Cc1cccnc1)C[C@H]1CCCO1. The Labute approximate surface area is 147 Å². The number of aromatic hydroxyl groups is 1. The lowest BCUT2D eigenvalue weighted by atomic mass is 10.1. The molecule has 1 aromatic carbocycles. The largest absolute Gasteiger partial charge is 0.508 e. The van der Waals surface area contributed by atoms with E-state index in [2.05, 4.69) is 4.98 Å². The number of ether oxygens (including phenoxy) is 1. The van der Waals surface area contributed by atoms with Gasteiger partial charge in [0.1, 0.15) is 5.75 Å². The zero-order chi connectivity index (χ0) is 17.5. The summed E-state index contributed by atoms with van der Waals surface area (Å²) in [5.74, 6) is 0.101. The highest BCUT2D eigenvalue weighted by Crippen LogP contribution is 2.16. The molecular weight excluding hydrogens is 316 g/mol. The van der Waals surface area contributed by atoms with E-state index < -0.39 is 0 Å². The van der Waals surface area contributed by atoms with Crippen LogP contribution in [-0.4, -0.2) is 40.2 Å². The molecule has 0 bridgehead atoms. The Morgan fingerprint density at radius 3 is 3.00 bits per heavy atom. The number of hydrogen-bond acceptors (Lipinski definition) is 4. The lowest BCUT2D eigenvalue weighted by Crippen LogP contribution is -2.35. The van der Waals surface area contributed by atoms with Crippen LogP contribution in [0.4, 0.5) is 0 Å². The molecule has 1 amide bonds. The van der Waals surface area contributed by atoms with Gasteiger partial charge in [-0.05, 0) is 48.2 Å². The number of phenolic OH excluding ortho intramolecular Hbond substituents is 1. The van der Waals surface area contributed by atoms with Gasteiger partial charge in [-0.15, -0.1) is 0 Å². The van der Waals surface area contributed by atoms with Crippen LogP contribution in [0.1, 0.15) is 24.0 Å². The van der Waals surface area contributed by atoms with Crippen molar-refractivity contribution < 1.29 is 14.6 Å². The first-order chi connectivity index (χ1) is 12.2. The van der Waals surface area contributed by atoms with Crippen molar-refractivity contribution >= 4 is 12.0 Å². The fourth-order valence-electron chi connectivity index (χ4n) is 2.88. The van der Waals surface area contributed by atoms with Gasteiger partial charge in [-0.25, -0.2) is 0 Å². The molecule has 25 heavy (non-hydrogen) atoms. The van der Waals surface area contributed by atoms with E-state index in [-0.39, 0.29) is 17.8 Å². The number of rotatable bonds is 6. The first-order valence-electron chi connectivity index (χ1n) is 8.47. The van der Waals surface area contributed by atoms with E-state index in [0.717, 1.165) is 30.6 Å². The molecule has 1 aliphatic heterocycles. The number of aromatic nitrogens is 1. The van der Waals surface area contributed by atoms with Gasteiger partial charge in [-0.3, -0.25) is 9.78 Å². The smallest absolute Gasteiger partial charge is 0.246 e. The van der Waals surface area contributed by atoms with E-state index in [1.807, 2.05) is 18.2 Å². The maximum atomic E-state index is 12.7. The van der Waals surface area contributed by atoms with E-state index in [1.54, 1.807) is 47.6 Å². The van der Waals surface area contributed by atoms with Crippen molar-refractivity contribution in [2.45, 2.75) is 25.5 Å². The number of nitrogens with zero attached hydrogens (tertiary/aromatic N) is 2. The van der Waals surface area contributed by atoms with Gasteiger partial charge in [0.2, 0.25) is 5.91 Å². The molecule has 2 heterocycles.